The van der Waals surface area contributed by atoms with Gasteiger partial charge in [0.2, 0.25) is 5.91 Å². The number of aryl methyl sites for hydroxylation is 1. The van der Waals surface area contributed by atoms with Crippen molar-refractivity contribution in [3.05, 3.63) is 24.2 Å². The number of fused-ring (bicyclic) bond motifs is 1. The fourth-order valence-corrected chi connectivity index (χ4v) is 3.53. The molecule has 1 fully saturated rings. The Morgan fingerprint density at radius 2 is 2.18 bits per heavy atom. The van der Waals surface area contributed by atoms with Gasteiger partial charge in [-0.3, -0.25) is 4.79 Å². The lowest BCUT2D eigenvalue weighted by Gasteiger charge is -2.22. The minimum absolute atomic E-state index is 0.164. The summed E-state index contributed by atoms with van der Waals surface area (Å²) in [5.41, 5.74) is 1.87. The second kappa shape index (κ2) is 6.07. The molecule has 5 heteroatoms. The number of carbonyl (C=O) groups is 1. The lowest BCUT2D eigenvalue weighted by molar-refractivity contribution is -0.134. The zero-order chi connectivity index (χ0) is 15.7. The molecule has 1 atom stereocenters. The van der Waals surface area contributed by atoms with E-state index in [4.69, 9.17) is 0 Å². The third kappa shape index (κ3) is 2.49. The summed E-state index contributed by atoms with van der Waals surface area (Å²) in [4.78, 5) is 23.7. The van der Waals surface area contributed by atoms with E-state index in [1.807, 2.05) is 30.2 Å². The van der Waals surface area contributed by atoms with Crippen LogP contribution in [-0.4, -0.2) is 38.4 Å². The van der Waals surface area contributed by atoms with Gasteiger partial charge in [-0.2, -0.15) is 0 Å². The summed E-state index contributed by atoms with van der Waals surface area (Å²) in [6.45, 7) is 7.82. The van der Waals surface area contributed by atoms with Crippen LogP contribution in [0, 0.1) is 12.8 Å². The predicted molar refractivity (Wildman–Crippen MR) is 86.6 cm³/mol. The molecular formula is C17H24N4O. The third-order valence-electron chi connectivity index (χ3n) is 4.80. The average Bonchev–Trinajstić information content (AvgIpc) is 3.11. The summed E-state index contributed by atoms with van der Waals surface area (Å²) in [7, 11) is 0. The van der Waals surface area contributed by atoms with E-state index in [2.05, 4.69) is 28.4 Å². The number of hydrogen-bond donors (Lipinski definition) is 0. The van der Waals surface area contributed by atoms with Crippen molar-refractivity contribution in [3.63, 3.8) is 0 Å². The maximum atomic E-state index is 12.6. The molecule has 1 unspecified atom stereocenters. The van der Waals surface area contributed by atoms with Crippen LogP contribution in [0.15, 0.2) is 18.3 Å². The molecule has 0 aromatic carbocycles. The quantitative estimate of drug-likeness (QED) is 0.872. The molecule has 1 amide bonds. The molecule has 0 saturated carbocycles. The SMILES string of the molecule is CCC(CC)C(=O)N1CCC(n2c(C)nc3cccnc32)C1. The number of aromatic nitrogens is 3. The van der Waals surface area contributed by atoms with Crippen molar-refractivity contribution in [1.29, 1.82) is 0 Å². The van der Waals surface area contributed by atoms with E-state index in [0.717, 1.165) is 49.3 Å². The van der Waals surface area contributed by atoms with E-state index < -0.39 is 0 Å². The van der Waals surface area contributed by atoms with Crippen LogP contribution in [0.1, 0.15) is 45.0 Å². The van der Waals surface area contributed by atoms with Gasteiger partial charge >= 0.3 is 0 Å². The maximum absolute atomic E-state index is 12.6. The van der Waals surface area contributed by atoms with Crippen molar-refractivity contribution in [3.8, 4) is 0 Å². The molecule has 3 heterocycles. The van der Waals surface area contributed by atoms with Gasteiger partial charge in [0.25, 0.3) is 0 Å². The first kappa shape index (κ1) is 15.0. The van der Waals surface area contributed by atoms with E-state index in [1.165, 1.54) is 0 Å². The number of nitrogens with zero attached hydrogens (tertiary/aromatic N) is 4. The molecule has 1 aliphatic heterocycles. The Bertz CT molecular complexity index is 674. The van der Waals surface area contributed by atoms with E-state index in [0.29, 0.717) is 11.9 Å². The summed E-state index contributed by atoms with van der Waals surface area (Å²) in [6, 6.07) is 4.20. The van der Waals surface area contributed by atoms with E-state index >= 15 is 0 Å². The Labute approximate surface area is 131 Å². The molecule has 5 nitrogen and oxygen atoms in total. The highest BCUT2D eigenvalue weighted by Gasteiger charge is 2.31. The predicted octanol–water partition coefficient (Wildman–Crippen LogP) is 2.95. The number of amides is 1. The second-order valence-corrected chi connectivity index (χ2v) is 6.12. The first-order valence-electron chi connectivity index (χ1n) is 8.24. The van der Waals surface area contributed by atoms with Crippen LogP contribution in [0.4, 0.5) is 0 Å². The summed E-state index contributed by atoms with van der Waals surface area (Å²) in [5, 5.41) is 0. The standard InChI is InChI=1S/C17H24N4O/c1-4-13(5-2)17(22)20-10-8-14(11-20)21-12(3)19-15-7-6-9-18-16(15)21/h6-7,9,13-14H,4-5,8,10-11H2,1-3H3. The lowest BCUT2D eigenvalue weighted by atomic mass is 10.0. The van der Waals surface area contributed by atoms with Gasteiger partial charge in [-0.05, 0) is 38.3 Å². The molecule has 2 aromatic rings. The smallest absolute Gasteiger partial charge is 0.225 e. The Kier molecular flexibility index (Phi) is 4.14. The maximum Gasteiger partial charge on any atom is 0.225 e. The molecule has 0 aliphatic carbocycles. The highest BCUT2D eigenvalue weighted by Crippen LogP contribution is 2.28. The Hall–Kier alpha value is -1.91. The molecule has 118 valence electrons. The summed E-state index contributed by atoms with van der Waals surface area (Å²) in [6.07, 6.45) is 4.63. The molecule has 0 spiro atoms. The molecule has 2 aromatic heterocycles. The number of imidazole rings is 1. The monoisotopic (exact) mass is 300 g/mol. The van der Waals surface area contributed by atoms with Gasteiger partial charge in [0.15, 0.2) is 5.65 Å². The van der Waals surface area contributed by atoms with Gasteiger partial charge in [-0.25, -0.2) is 9.97 Å². The topological polar surface area (TPSA) is 51.0 Å². The first-order valence-corrected chi connectivity index (χ1v) is 8.24. The Morgan fingerprint density at radius 1 is 1.41 bits per heavy atom. The fourth-order valence-electron chi connectivity index (χ4n) is 3.53. The highest BCUT2D eigenvalue weighted by atomic mass is 16.2. The van der Waals surface area contributed by atoms with Crippen LogP contribution in [0.5, 0.6) is 0 Å². The zero-order valence-corrected chi connectivity index (χ0v) is 13.6. The van der Waals surface area contributed by atoms with Gasteiger partial charge < -0.3 is 9.47 Å². The summed E-state index contributed by atoms with van der Waals surface area (Å²) in [5.74, 6) is 1.45. The number of pyridine rings is 1. The van der Waals surface area contributed by atoms with Gasteiger partial charge in [-0.1, -0.05) is 13.8 Å². The minimum atomic E-state index is 0.164. The molecule has 1 saturated heterocycles. The largest absolute Gasteiger partial charge is 0.340 e. The van der Waals surface area contributed by atoms with Gasteiger partial charge in [-0.15, -0.1) is 0 Å². The van der Waals surface area contributed by atoms with E-state index in [1.54, 1.807) is 0 Å². The number of hydrogen-bond acceptors (Lipinski definition) is 3. The van der Waals surface area contributed by atoms with Crippen LogP contribution in [-0.2, 0) is 4.79 Å². The van der Waals surface area contributed by atoms with Crippen molar-refractivity contribution in [1.82, 2.24) is 19.4 Å². The number of rotatable bonds is 4. The molecular weight excluding hydrogens is 276 g/mol. The number of carbonyl (C=O) groups excluding carboxylic acids is 1. The Morgan fingerprint density at radius 3 is 2.91 bits per heavy atom. The van der Waals surface area contributed by atoms with Crippen molar-refractivity contribution in [2.45, 2.75) is 46.1 Å². The molecule has 0 radical (unpaired) electrons. The summed E-state index contributed by atoms with van der Waals surface area (Å²) >= 11 is 0. The van der Waals surface area contributed by atoms with Crippen molar-refractivity contribution < 1.29 is 4.79 Å². The van der Waals surface area contributed by atoms with Crippen molar-refractivity contribution in [2.75, 3.05) is 13.1 Å². The third-order valence-corrected chi connectivity index (χ3v) is 4.80. The number of likely N-dealkylation sites (tertiary alicyclic amines) is 1. The Balaban J connectivity index is 1.83. The molecule has 22 heavy (non-hydrogen) atoms. The molecule has 0 bridgehead atoms. The van der Waals surface area contributed by atoms with Crippen molar-refractivity contribution >= 4 is 17.1 Å². The normalized spacial score (nSPS) is 18.5. The van der Waals surface area contributed by atoms with Crippen LogP contribution >= 0.6 is 0 Å². The van der Waals surface area contributed by atoms with Gasteiger partial charge in [0.1, 0.15) is 11.3 Å². The fraction of sp³-hybridized carbons (Fsp3) is 0.588. The minimum Gasteiger partial charge on any atom is -0.340 e. The van der Waals surface area contributed by atoms with E-state index in [9.17, 15) is 4.79 Å². The molecule has 0 N–H and O–H groups in total. The molecule has 1 aliphatic rings. The van der Waals surface area contributed by atoms with E-state index in [-0.39, 0.29) is 5.92 Å². The van der Waals surface area contributed by atoms with Gasteiger partial charge in [0.05, 0.1) is 6.04 Å². The van der Waals surface area contributed by atoms with Crippen LogP contribution < -0.4 is 0 Å². The highest BCUT2D eigenvalue weighted by molar-refractivity contribution is 5.79. The molecule has 3 rings (SSSR count). The summed E-state index contributed by atoms with van der Waals surface area (Å²) < 4.78 is 2.20. The lowest BCUT2D eigenvalue weighted by Crippen LogP contribution is -2.34. The van der Waals surface area contributed by atoms with Crippen LogP contribution in [0.3, 0.4) is 0 Å². The average molecular weight is 300 g/mol. The first-order chi connectivity index (χ1) is 10.7. The second-order valence-electron chi connectivity index (χ2n) is 6.12. The van der Waals surface area contributed by atoms with Crippen LogP contribution in [0.25, 0.3) is 11.2 Å². The zero-order valence-electron chi connectivity index (χ0n) is 13.6. The van der Waals surface area contributed by atoms with Crippen molar-refractivity contribution in [2.24, 2.45) is 5.92 Å². The van der Waals surface area contributed by atoms with Crippen LogP contribution in [0.2, 0.25) is 0 Å². The van der Waals surface area contributed by atoms with Gasteiger partial charge in [0, 0.05) is 25.2 Å².